The maximum absolute atomic E-state index is 5.52. The molecule has 0 aliphatic rings. The quantitative estimate of drug-likeness (QED) is 0.314. The highest BCUT2D eigenvalue weighted by Gasteiger charge is 2.08. The lowest BCUT2D eigenvalue weighted by Gasteiger charge is -2.09. The predicted molar refractivity (Wildman–Crippen MR) is 137 cm³/mol. The first-order valence-electron chi connectivity index (χ1n) is 11.2. The number of nitrogens with one attached hydrogen (secondary N) is 1. The van der Waals surface area contributed by atoms with Gasteiger partial charge >= 0.3 is 0 Å². The molecule has 4 aromatic rings. The molecule has 0 saturated heterocycles. The molecule has 0 fully saturated rings. The van der Waals surface area contributed by atoms with Gasteiger partial charge in [-0.15, -0.1) is 0 Å². The van der Waals surface area contributed by atoms with Crippen molar-refractivity contribution in [3.05, 3.63) is 78.2 Å². The van der Waals surface area contributed by atoms with Crippen LogP contribution in [0.2, 0.25) is 0 Å². The number of aryl methyl sites for hydroxylation is 1. The minimum atomic E-state index is 0.622. The molecule has 32 heavy (non-hydrogen) atoms. The predicted octanol–water partition coefficient (Wildman–Crippen LogP) is 7.64. The molecule has 0 amide bonds. The Hall–Kier alpha value is -2.96. The summed E-state index contributed by atoms with van der Waals surface area (Å²) in [4.78, 5) is 5.67. The third-order valence-electron chi connectivity index (χ3n) is 4.44. The van der Waals surface area contributed by atoms with Gasteiger partial charge in [-0.05, 0) is 54.8 Å². The Labute approximate surface area is 196 Å². The van der Waals surface area contributed by atoms with Crippen molar-refractivity contribution in [2.75, 3.05) is 11.9 Å². The van der Waals surface area contributed by atoms with Gasteiger partial charge in [-0.3, -0.25) is 0 Å². The minimum absolute atomic E-state index is 0.622. The first-order valence-corrected chi connectivity index (χ1v) is 12.0. The SMILES string of the molecule is CC.CC.CCOCc1ccc(C)c(Nc2ncc(-c3ccc(-n4cccn4)cc3)s2)c1. The van der Waals surface area contributed by atoms with Gasteiger partial charge in [-0.2, -0.15) is 5.10 Å². The second kappa shape index (κ2) is 13.5. The first kappa shape index (κ1) is 25.3. The normalized spacial score (nSPS) is 9.94. The lowest BCUT2D eigenvalue weighted by Crippen LogP contribution is -1.96. The molecular weight excluding hydrogens is 416 g/mol. The molecule has 0 saturated carbocycles. The van der Waals surface area contributed by atoms with E-state index in [1.54, 1.807) is 17.5 Å². The van der Waals surface area contributed by atoms with Crippen LogP contribution in [0.15, 0.2) is 67.1 Å². The van der Waals surface area contributed by atoms with E-state index in [4.69, 9.17) is 4.74 Å². The summed E-state index contributed by atoms with van der Waals surface area (Å²) in [6.07, 6.45) is 5.63. The van der Waals surface area contributed by atoms with E-state index in [0.717, 1.165) is 32.5 Å². The summed E-state index contributed by atoms with van der Waals surface area (Å²) in [7, 11) is 0. The first-order chi connectivity index (χ1) is 15.7. The van der Waals surface area contributed by atoms with Crippen molar-refractivity contribution in [3.63, 3.8) is 0 Å². The largest absolute Gasteiger partial charge is 0.377 e. The van der Waals surface area contributed by atoms with Crippen LogP contribution in [-0.4, -0.2) is 21.4 Å². The van der Waals surface area contributed by atoms with Gasteiger partial charge in [-0.1, -0.05) is 63.3 Å². The smallest absolute Gasteiger partial charge is 0.187 e. The van der Waals surface area contributed by atoms with E-state index >= 15 is 0 Å². The zero-order valence-corrected chi connectivity index (χ0v) is 20.7. The van der Waals surface area contributed by atoms with Gasteiger partial charge in [0.2, 0.25) is 0 Å². The fourth-order valence-electron chi connectivity index (χ4n) is 2.89. The monoisotopic (exact) mass is 450 g/mol. The molecule has 0 bridgehead atoms. The topological polar surface area (TPSA) is 52.0 Å². The zero-order valence-electron chi connectivity index (χ0n) is 19.9. The Kier molecular flexibility index (Phi) is 10.6. The van der Waals surface area contributed by atoms with Crippen molar-refractivity contribution in [1.82, 2.24) is 14.8 Å². The summed E-state index contributed by atoms with van der Waals surface area (Å²) in [5.41, 5.74) is 5.58. The van der Waals surface area contributed by atoms with Crippen molar-refractivity contribution in [1.29, 1.82) is 0 Å². The number of ether oxygens (including phenoxy) is 1. The van der Waals surface area contributed by atoms with E-state index in [-0.39, 0.29) is 0 Å². The van der Waals surface area contributed by atoms with Gasteiger partial charge in [0, 0.05) is 30.9 Å². The number of anilines is 2. The Morgan fingerprint density at radius 1 is 1.03 bits per heavy atom. The van der Waals surface area contributed by atoms with Gasteiger partial charge < -0.3 is 10.1 Å². The van der Waals surface area contributed by atoms with Crippen molar-refractivity contribution in [2.45, 2.75) is 48.1 Å². The Morgan fingerprint density at radius 3 is 2.44 bits per heavy atom. The van der Waals surface area contributed by atoms with Crippen molar-refractivity contribution in [3.8, 4) is 16.1 Å². The number of thiazole rings is 1. The molecule has 5 nitrogen and oxygen atoms in total. The van der Waals surface area contributed by atoms with Crippen LogP contribution in [0.4, 0.5) is 10.8 Å². The van der Waals surface area contributed by atoms with E-state index in [9.17, 15) is 0 Å². The lowest BCUT2D eigenvalue weighted by molar-refractivity contribution is 0.134. The summed E-state index contributed by atoms with van der Waals surface area (Å²) in [6.45, 7) is 13.4. The molecule has 6 heteroatoms. The van der Waals surface area contributed by atoms with Crippen molar-refractivity contribution in [2.24, 2.45) is 0 Å². The highest BCUT2D eigenvalue weighted by Crippen LogP contribution is 2.32. The molecule has 0 aliphatic carbocycles. The molecule has 4 rings (SSSR count). The van der Waals surface area contributed by atoms with Crippen LogP contribution in [0, 0.1) is 6.92 Å². The maximum Gasteiger partial charge on any atom is 0.187 e. The van der Waals surface area contributed by atoms with E-state index in [2.05, 4.69) is 64.8 Å². The van der Waals surface area contributed by atoms with Gasteiger partial charge in [0.25, 0.3) is 0 Å². The van der Waals surface area contributed by atoms with Gasteiger partial charge in [0.1, 0.15) is 0 Å². The van der Waals surface area contributed by atoms with E-state index in [0.29, 0.717) is 13.2 Å². The highest BCUT2D eigenvalue weighted by molar-refractivity contribution is 7.18. The number of rotatable bonds is 7. The molecule has 0 spiro atoms. The number of aromatic nitrogens is 3. The van der Waals surface area contributed by atoms with Crippen LogP contribution >= 0.6 is 11.3 Å². The number of benzene rings is 2. The van der Waals surface area contributed by atoms with E-state index in [1.165, 1.54) is 5.56 Å². The van der Waals surface area contributed by atoms with Crippen LogP contribution in [0.3, 0.4) is 0 Å². The fourth-order valence-corrected chi connectivity index (χ4v) is 3.73. The summed E-state index contributed by atoms with van der Waals surface area (Å²) >= 11 is 1.64. The molecule has 1 N–H and O–H groups in total. The third-order valence-corrected chi connectivity index (χ3v) is 5.40. The highest BCUT2D eigenvalue weighted by atomic mass is 32.1. The molecule has 2 aromatic heterocycles. The van der Waals surface area contributed by atoms with Crippen LogP contribution in [0.5, 0.6) is 0 Å². The molecular formula is C26H34N4OS. The molecule has 2 heterocycles. The second-order valence-electron chi connectivity index (χ2n) is 6.44. The second-order valence-corrected chi connectivity index (χ2v) is 7.47. The average molecular weight is 451 g/mol. The summed E-state index contributed by atoms with van der Waals surface area (Å²) < 4.78 is 7.36. The molecule has 0 radical (unpaired) electrons. The molecule has 170 valence electrons. The van der Waals surface area contributed by atoms with Gasteiger partial charge in [-0.25, -0.2) is 9.67 Å². The lowest BCUT2D eigenvalue weighted by atomic mass is 10.1. The zero-order chi connectivity index (χ0) is 23.3. The van der Waals surface area contributed by atoms with Crippen LogP contribution < -0.4 is 5.32 Å². The number of hydrogen-bond donors (Lipinski definition) is 1. The standard InChI is InChI=1S/C22H22N4OS.2C2H6/c1-3-27-15-17-6-5-16(2)20(13-17)25-22-23-14-21(28-22)18-7-9-19(10-8-18)26-12-4-11-24-26;2*1-2/h4-14H,3,15H2,1-2H3,(H,23,25);2*1-2H3. The third kappa shape index (κ3) is 6.77. The molecule has 0 atom stereocenters. The van der Waals surface area contributed by atoms with Crippen molar-refractivity contribution >= 4 is 22.2 Å². The van der Waals surface area contributed by atoms with Crippen LogP contribution in [-0.2, 0) is 11.3 Å². The summed E-state index contributed by atoms with van der Waals surface area (Å²) in [6, 6.07) is 16.6. The minimum Gasteiger partial charge on any atom is -0.377 e. The summed E-state index contributed by atoms with van der Waals surface area (Å²) in [5.74, 6) is 0. The van der Waals surface area contributed by atoms with Crippen LogP contribution in [0.1, 0.15) is 45.7 Å². The molecule has 0 aliphatic heterocycles. The number of hydrogen-bond acceptors (Lipinski definition) is 5. The van der Waals surface area contributed by atoms with Gasteiger partial charge in [0.15, 0.2) is 5.13 Å². The summed E-state index contributed by atoms with van der Waals surface area (Å²) in [5, 5.41) is 8.59. The average Bonchev–Trinajstić information content (AvgIpc) is 3.55. The molecule has 0 unspecified atom stereocenters. The van der Waals surface area contributed by atoms with E-state index < -0.39 is 0 Å². The van der Waals surface area contributed by atoms with Gasteiger partial charge in [0.05, 0.1) is 17.2 Å². The molecule has 2 aromatic carbocycles. The Bertz CT molecular complexity index is 1040. The Morgan fingerprint density at radius 2 is 1.78 bits per heavy atom. The Balaban J connectivity index is 0.000000860. The number of nitrogens with zero attached hydrogens (tertiary/aromatic N) is 3. The van der Waals surface area contributed by atoms with Crippen LogP contribution in [0.25, 0.3) is 16.1 Å². The maximum atomic E-state index is 5.52. The van der Waals surface area contributed by atoms with Crippen molar-refractivity contribution < 1.29 is 4.74 Å². The van der Waals surface area contributed by atoms with E-state index in [1.807, 2.05) is 57.8 Å². The fraction of sp³-hybridized carbons (Fsp3) is 0.308.